The molecule has 1 aromatic carbocycles. The van der Waals surface area contributed by atoms with Crippen molar-refractivity contribution in [1.29, 1.82) is 0 Å². The fourth-order valence-corrected chi connectivity index (χ4v) is 3.35. The lowest BCUT2D eigenvalue weighted by Gasteiger charge is -2.36. The summed E-state index contributed by atoms with van der Waals surface area (Å²) in [7, 11) is 0. The highest BCUT2D eigenvalue weighted by atomic mass is 15.0. The van der Waals surface area contributed by atoms with Gasteiger partial charge >= 0.3 is 0 Å². The molecular formula is C16H25N. The quantitative estimate of drug-likeness (QED) is 0.827. The topological polar surface area (TPSA) is 12.0 Å². The van der Waals surface area contributed by atoms with Gasteiger partial charge in [-0.25, -0.2) is 0 Å². The molecule has 1 saturated carbocycles. The molecule has 1 aliphatic rings. The van der Waals surface area contributed by atoms with Gasteiger partial charge in [0.1, 0.15) is 0 Å². The number of hydrogen-bond acceptors (Lipinski definition) is 1. The highest BCUT2D eigenvalue weighted by Crippen LogP contribution is 2.30. The lowest BCUT2D eigenvalue weighted by Crippen LogP contribution is -2.41. The highest BCUT2D eigenvalue weighted by molar-refractivity contribution is 5.39. The summed E-state index contributed by atoms with van der Waals surface area (Å²) in [6, 6.07) is 5.81. The van der Waals surface area contributed by atoms with Gasteiger partial charge in [-0.1, -0.05) is 24.6 Å². The van der Waals surface area contributed by atoms with Crippen LogP contribution >= 0.6 is 0 Å². The Balaban J connectivity index is 2.10. The van der Waals surface area contributed by atoms with Crippen LogP contribution in [-0.4, -0.2) is 6.04 Å². The zero-order valence-electron chi connectivity index (χ0n) is 11.8. The Bertz CT molecular complexity index is 379. The zero-order valence-corrected chi connectivity index (χ0v) is 11.8. The van der Waals surface area contributed by atoms with Crippen molar-refractivity contribution >= 4 is 0 Å². The summed E-state index contributed by atoms with van der Waals surface area (Å²) in [4.78, 5) is 0. The predicted octanol–water partition coefficient (Wildman–Crippen LogP) is 4.06. The van der Waals surface area contributed by atoms with E-state index in [1.807, 2.05) is 0 Å². The van der Waals surface area contributed by atoms with E-state index >= 15 is 0 Å². The first kappa shape index (κ1) is 12.6. The average molecular weight is 231 g/mol. The molecule has 1 aliphatic carbocycles. The molecule has 0 aromatic heterocycles. The fraction of sp³-hybridized carbons (Fsp3) is 0.625. The minimum Gasteiger partial charge on any atom is -0.307 e. The Morgan fingerprint density at radius 3 is 2.12 bits per heavy atom. The molecule has 1 aromatic rings. The lowest BCUT2D eigenvalue weighted by molar-refractivity contribution is 0.226. The molecular weight excluding hydrogens is 206 g/mol. The van der Waals surface area contributed by atoms with Crippen LogP contribution in [0.3, 0.4) is 0 Å². The van der Waals surface area contributed by atoms with Gasteiger partial charge in [-0.3, -0.25) is 0 Å². The minimum atomic E-state index is 0.480. The van der Waals surface area contributed by atoms with E-state index in [4.69, 9.17) is 0 Å². The van der Waals surface area contributed by atoms with E-state index in [1.165, 1.54) is 35.1 Å². The lowest BCUT2D eigenvalue weighted by atomic mass is 9.81. The number of hydrogen-bond donors (Lipinski definition) is 1. The molecule has 2 rings (SSSR count). The Morgan fingerprint density at radius 2 is 1.65 bits per heavy atom. The normalized spacial score (nSPS) is 25.5. The Hall–Kier alpha value is -0.820. The van der Waals surface area contributed by atoms with Crippen molar-refractivity contribution in [2.24, 2.45) is 5.92 Å². The van der Waals surface area contributed by atoms with Crippen LogP contribution in [-0.2, 0) is 0 Å². The second-order valence-corrected chi connectivity index (χ2v) is 5.97. The summed E-state index contributed by atoms with van der Waals surface area (Å²) in [5.74, 6) is 0.917. The van der Waals surface area contributed by atoms with Crippen LogP contribution in [0.4, 0.5) is 0 Å². The van der Waals surface area contributed by atoms with Crippen LogP contribution in [0, 0.1) is 26.7 Å². The third-order valence-electron chi connectivity index (χ3n) is 4.03. The van der Waals surface area contributed by atoms with Gasteiger partial charge in [0.2, 0.25) is 0 Å². The van der Waals surface area contributed by atoms with Crippen molar-refractivity contribution in [3.05, 3.63) is 34.4 Å². The first-order valence-corrected chi connectivity index (χ1v) is 6.81. The Morgan fingerprint density at radius 1 is 1.12 bits per heavy atom. The summed E-state index contributed by atoms with van der Waals surface area (Å²) >= 11 is 0. The van der Waals surface area contributed by atoms with Gasteiger partial charge in [0.25, 0.3) is 0 Å². The van der Waals surface area contributed by atoms with Crippen LogP contribution in [0.15, 0.2) is 12.1 Å². The number of benzene rings is 1. The van der Waals surface area contributed by atoms with Crippen molar-refractivity contribution in [3.63, 3.8) is 0 Å². The average Bonchev–Trinajstić information content (AvgIpc) is 2.13. The molecule has 94 valence electrons. The standard InChI is InChI=1S/C16H25N/c1-10-6-12(3)16(13(4)7-10)14(5)17-15-8-11(2)9-15/h6-7,11,14-15,17H,8-9H2,1-5H3. The van der Waals surface area contributed by atoms with Crippen LogP contribution in [0.1, 0.15) is 55.0 Å². The van der Waals surface area contributed by atoms with E-state index in [1.54, 1.807) is 0 Å². The Labute approximate surface area is 106 Å². The van der Waals surface area contributed by atoms with Crippen molar-refractivity contribution in [2.75, 3.05) is 0 Å². The molecule has 1 heteroatoms. The maximum absolute atomic E-state index is 3.76. The van der Waals surface area contributed by atoms with Crippen molar-refractivity contribution < 1.29 is 0 Å². The SMILES string of the molecule is Cc1cc(C)c(C(C)NC2CC(C)C2)c(C)c1. The van der Waals surface area contributed by atoms with Crippen LogP contribution in [0.5, 0.6) is 0 Å². The second kappa shape index (κ2) is 4.81. The minimum absolute atomic E-state index is 0.480. The van der Waals surface area contributed by atoms with Crippen molar-refractivity contribution in [2.45, 2.75) is 59.5 Å². The summed E-state index contributed by atoms with van der Waals surface area (Å²) in [5, 5.41) is 3.76. The summed E-state index contributed by atoms with van der Waals surface area (Å²) < 4.78 is 0. The molecule has 1 N–H and O–H groups in total. The van der Waals surface area contributed by atoms with E-state index in [0.717, 1.165) is 12.0 Å². The van der Waals surface area contributed by atoms with Gasteiger partial charge in [-0.2, -0.15) is 0 Å². The van der Waals surface area contributed by atoms with E-state index in [-0.39, 0.29) is 0 Å². The molecule has 17 heavy (non-hydrogen) atoms. The summed E-state index contributed by atoms with van der Waals surface area (Å²) in [6.07, 6.45) is 2.68. The third kappa shape index (κ3) is 2.71. The summed E-state index contributed by atoms with van der Waals surface area (Å²) in [5.41, 5.74) is 5.72. The van der Waals surface area contributed by atoms with Crippen LogP contribution in [0.25, 0.3) is 0 Å². The van der Waals surface area contributed by atoms with Crippen molar-refractivity contribution in [3.8, 4) is 0 Å². The first-order valence-electron chi connectivity index (χ1n) is 6.81. The maximum atomic E-state index is 3.76. The second-order valence-electron chi connectivity index (χ2n) is 5.97. The zero-order chi connectivity index (χ0) is 12.6. The predicted molar refractivity (Wildman–Crippen MR) is 74.4 cm³/mol. The fourth-order valence-electron chi connectivity index (χ4n) is 3.35. The highest BCUT2D eigenvalue weighted by Gasteiger charge is 2.27. The van der Waals surface area contributed by atoms with Gasteiger partial charge in [-0.05, 0) is 63.1 Å². The van der Waals surface area contributed by atoms with Gasteiger partial charge in [0.05, 0.1) is 0 Å². The van der Waals surface area contributed by atoms with E-state index in [2.05, 4.69) is 52.1 Å². The number of nitrogens with one attached hydrogen (secondary N) is 1. The van der Waals surface area contributed by atoms with Gasteiger partial charge in [0, 0.05) is 12.1 Å². The molecule has 0 saturated heterocycles. The monoisotopic (exact) mass is 231 g/mol. The summed E-state index contributed by atoms with van der Waals surface area (Å²) in [6.45, 7) is 11.3. The molecule has 1 fully saturated rings. The first-order chi connectivity index (χ1) is 7.97. The van der Waals surface area contributed by atoms with Crippen LogP contribution in [0.2, 0.25) is 0 Å². The molecule has 0 spiro atoms. The maximum Gasteiger partial charge on any atom is 0.0299 e. The molecule has 1 atom stereocenters. The van der Waals surface area contributed by atoms with Crippen LogP contribution < -0.4 is 5.32 Å². The largest absolute Gasteiger partial charge is 0.307 e. The van der Waals surface area contributed by atoms with Gasteiger partial charge in [0.15, 0.2) is 0 Å². The smallest absolute Gasteiger partial charge is 0.0299 e. The van der Waals surface area contributed by atoms with Gasteiger partial charge < -0.3 is 5.32 Å². The van der Waals surface area contributed by atoms with E-state index < -0.39 is 0 Å². The van der Waals surface area contributed by atoms with Gasteiger partial charge in [-0.15, -0.1) is 0 Å². The molecule has 0 bridgehead atoms. The molecule has 0 amide bonds. The van der Waals surface area contributed by atoms with E-state index in [9.17, 15) is 0 Å². The number of aryl methyl sites for hydroxylation is 3. The van der Waals surface area contributed by atoms with Crippen molar-refractivity contribution in [1.82, 2.24) is 5.32 Å². The molecule has 0 heterocycles. The number of rotatable bonds is 3. The molecule has 0 aliphatic heterocycles. The van der Waals surface area contributed by atoms with E-state index in [0.29, 0.717) is 6.04 Å². The Kier molecular flexibility index (Phi) is 3.58. The molecule has 1 nitrogen and oxygen atoms in total. The molecule has 0 radical (unpaired) electrons. The third-order valence-corrected chi connectivity index (χ3v) is 4.03. The molecule has 1 unspecified atom stereocenters.